The largest absolute Gasteiger partial charge is 0.422 e. The zero-order chi connectivity index (χ0) is 14.5. The first-order chi connectivity index (χ1) is 9.58. The number of carbonyl (C=O) groups excluding carboxylic acids is 2. The van der Waals surface area contributed by atoms with E-state index in [0.29, 0.717) is 0 Å². The van der Waals surface area contributed by atoms with Crippen LogP contribution in [0, 0.1) is 11.7 Å². The lowest BCUT2D eigenvalue weighted by Gasteiger charge is -2.22. The van der Waals surface area contributed by atoms with E-state index in [9.17, 15) is 14.0 Å². The van der Waals surface area contributed by atoms with Gasteiger partial charge in [-0.1, -0.05) is 25.0 Å². The zero-order valence-corrected chi connectivity index (χ0v) is 11.4. The molecule has 1 aliphatic rings. The van der Waals surface area contributed by atoms with Crippen molar-refractivity contribution in [2.75, 3.05) is 0 Å². The first-order valence-electron chi connectivity index (χ1n) is 6.81. The normalized spacial score (nSPS) is 16.7. The number of carbonyl (C=O) groups is 2. The van der Waals surface area contributed by atoms with Gasteiger partial charge in [0.2, 0.25) is 5.91 Å². The number of esters is 1. The van der Waals surface area contributed by atoms with E-state index in [-0.39, 0.29) is 17.6 Å². The number of benzene rings is 1. The molecular formula is C15H18FNO3. The maximum absolute atomic E-state index is 13.5. The standard InChI is InChI=1S/C15H18FNO3/c1-10(18)17-14(11-6-2-3-7-11)15(19)20-13-9-5-4-8-12(13)16/h4-5,8-9,11,14H,2-3,6-7H2,1H3,(H,17,18). The van der Waals surface area contributed by atoms with Crippen molar-refractivity contribution in [2.24, 2.45) is 5.92 Å². The van der Waals surface area contributed by atoms with Crippen molar-refractivity contribution >= 4 is 11.9 Å². The molecule has 108 valence electrons. The van der Waals surface area contributed by atoms with Crippen LogP contribution in [0.5, 0.6) is 5.75 Å². The molecule has 1 aliphatic carbocycles. The van der Waals surface area contributed by atoms with Gasteiger partial charge in [0, 0.05) is 6.92 Å². The number of amides is 1. The number of hydrogen-bond donors (Lipinski definition) is 1. The van der Waals surface area contributed by atoms with Crippen LogP contribution in [-0.4, -0.2) is 17.9 Å². The summed E-state index contributed by atoms with van der Waals surface area (Å²) < 4.78 is 18.6. The van der Waals surface area contributed by atoms with E-state index >= 15 is 0 Å². The van der Waals surface area contributed by atoms with Gasteiger partial charge in [0.05, 0.1) is 0 Å². The minimum atomic E-state index is -0.699. The molecule has 0 saturated heterocycles. The van der Waals surface area contributed by atoms with Crippen LogP contribution < -0.4 is 10.1 Å². The van der Waals surface area contributed by atoms with Crippen LogP contribution in [0.1, 0.15) is 32.6 Å². The fraction of sp³-hybridized carbons (Fsp3) is 0.467. The lowest BCUT2D eigenvalue weighted by molar-refractivity contribution is -0.140. The van der Waals surface area contributed by atoms with Crippen molar-refractivity contribution in [1.82, 2.24) is 5.32 Å². The highest BCUT2D eigenvalue weighted by molar-refractivity contribution is 5.84. The second-order valence-electron chi connectivity index (χ2n) is 5.07. The quantitative estimate of drug-likeness (QED) is 0.680. The highest BCUT2D eigenvalue weighted by Crippen LogP contribution is 2.29. The van der Waals surface area contributed by atoms with Crippen molar-refractivity contribution in [2.45, 2.75) is 38.6 Å². The molecule has 2 rings (SSSR count). The van der Waals surface area contributed by atoms with Crippen molar-refractivity contribution in [3.05, 3.63) is 30.1 Å². The Labute approximate surface area is 117 Å². The average Bonchev–Trinajstić information content (AvgIpc) is 2.92. The molecule has 1 saturated carbocycles. The molecular weight excluding hydrogens is 261 g/mol. The third-order valence-electron chi connectivity index (χ3n) is 3.53. The molecule has 4 nitrogen and oxygen atoms in total. The first kappa shape index (κ1) is 14.5. The van der Waals surface area contributed by atoms with Crippen LogP contribution in [-0.2, 0) is 9.59 Å². The van der Waals surface area contributed by atoms with Crippen LogP contribution in [0.2, 0.25) is 0 Å². The van der Waals surface area contributed by atoms with Crippen molar-refractivity contribution in [1.29, 1.82) is 0 Å². The summed E-state index contributed by atoms with van der Waals surface area (Å²) in [7, 11) is 0. The number of hydrogen-bond acceptors (Lipinski definition) is 3. The fourth-order valence-electron chi connectivity index (χ4n) is 2.58. The molecule has 1 aromatic carbocycles. The van der Waals surface area contributed by atoms with E-state index in [0.717, 1.165) is 25.7 Å². The molecule has 0 aromatic heterocycles. The summed E-state index contributed by atoms with van der Waals surface area (Å²) in [5.74, 6) is -1.51. The van der Waals surface area contributed by atoms with Crippen LogP contribution in [0.15, 0.2) is 24.3 Å². The Bertz CT molecular complexity index is 498. The van der Waals surface area contributed by atoms with Crippen molar-refractivity contribution in [3.8, 4) is 5.75 Å². The molecule has 0 spiro atoms. The lowest BCUT2D eigenvalue weighted by Crippen LogP contribution is -2.46. The lowest BCUT2D eigenvalue weighted by atomic mass is 9.98. The molecule has 1 N–H and O–H groups in total. The van der Waals surface area contributed by atoms with Gasteiger partial charge in [0.15, 0.2) is 11.6 Å². The minimum Gasteiger partial charge on any atom is -0.422 e. The predicted octanol–water partition coefficient (Wildman–Crippen LogP) is 2.43. The molecule has 1 atom stereocenters. The summed E-state index contributed by atoms with van der Waals surface area (Å²) >= 11 is 0. The van der Waals surface area contributed by atoms with Gasteiger partial charge < -0.3 is 10.1 Å². The number of halogens is 1. The average molecular weight is 279 g/mol. The van der Waals surface area contributed by atoms with E-state index in [4.69, 9.17) is 4.74 Å². The molecule has 0 radical (unpaired) electrons. The van der Waals surface area contributed by atoms with Gasteiger partial charge in [-0.15, -0.1) is 0 Å². The Morgan fingerprint density at radius 3 is 2.55 bits per heavy atom. The molecule has 5 heteroatoms. The highest BCUT2D eigenvalue weighted by atomic mass is 19.1. The summed E-state index contributed by atoms with van der Waals surface area (Å²) in [6.45, 7) is 1.36. The molecule has 1 aromatic rings. The van der Waals surface area contributed by atoms with Crippen LogP contribution in [0.25, 0.3) is 0 Å². The van der Waals surface area contributed by atoms with Gasteiger partial charge in [-0.25, -0.2) is 9.18 Å². The van der Waals surface area contributed by atoms with Gasteiger partial charge in [-0.3, -0.25) is 4.79 Å². The number of nitrogens with one attached hydrogen (secondary N) is 1. The minimum absolute atomic E-state index is 0.0678. The highest BCUT2D eigenvalue weighted by Gasteiger charge is 2.33. The van der Waals surface area contributed by atoms with E-state index in [1.54, 1.807) is 6.07 Å². The summed E-state index contributed by atoms with van der Waals surface area (Å²) in [5, 5.41) is 2.63. The van der Waals surface area contributed by atoms with E-state index in [1.165, 1.54) is 25.1 Å². The smallest absolute Gasteiger partial charge is 0.334 e. The second kappa shape index (κ2) is 6.50. The fourth-order valence-corrected chi connectivity index (χ4v) is 2.58. The van der Waals surface area contributed by atoms with Gasteiger partial charge in [0.25, 0.3) is 0 Å². The Morgan fingerprint density at radius 2 is 1.95 bits per heavy atom. The maximum Gasteiger partial charge on any atom is 0.334 e. The predicted molar refractivity (Wildman–Crippen MR) is 71.6 cm³/mol. The molecule has 0 bridgehead atoms. The monoisotopic (exact) mass is 279 g/mol. The number of para-hydroxylation sites is 1. The topological polar surface area (TPSA) is 55.4 Å². The van der Waals surface area contributed by atoms with Gasteiger partial charge in [-0.05, 0) is 30.9 Å². The van der Waals surface area contributed by atoms with Crippen LogP contribution in [0.4, 0.5) is 4.39 Å². The molecule has 1 amide bonds. The Balaban J connectivity index is 2.09. The summed E-state index contributed by atoms with van der Waals surface area (Å²) in [4.78, 5) is 23.4. The molecule has 1 fully saturated rings. The Hall–Kier alpha value is -1.91. The van der Waals surface area contributed by atoms with E-state index < -0.39 is 17.8 Å². The number of ether oxygens (including phenoxy) is 1. The zero-order valence-electron chi connectivity index (χ0n) is 11.4. The van der Waals surface area contributed by atoms with E-state index in [1.807, 2.05) is 0 Å². The third kappa shape index (κ3) is 3.56. The maximum atomic E-state index is 13.5. The SMILES string of the molecule is CC(=O)NC(C(=O)Oc1ccccc1F)C1CCCC1. The Kier molecular flexibility index (Phi) is 4.71. The summed E-state index contributed by atoms with van der Waals surface area (Å²) in [6.07, 6.45) is 3.82. The first-order valence-corrected chi connectivity index (χ1v) is 6.81. The molecule has 0 heterocycles. The molecule has 20 heavy (non-hydrogen) atoms. The second-order valence-corrected chi connectivity index (χ2v) is 5.07. The van der Waals surface area contributed by atoms with Crippen molar-refractivity contribution < 1.29 is 18.7 Å². The van der Waals surface area contributed by atoms with Gasteiger partial charge in [0.1, 0.15) is 6.04 Å². The van der Waals surface area contributed by atoms with Crippen LogP contribution in [0.3, 0.4) is 0 Å². The summed E-state index contributed by atoms with van der Waals surface area (Å²) in [6, 6.07) is 5.04. The van der Waals surface area contributed by atoms with Crippen molar-refractivity contribution in [3.63, 3.8) is 0 Å². The Morgan fingerprint density at radius 1 is 1.30 bits per heavy atom. The van der Waals surface area contributed by atoms with Gasteiger partial charge in [-0.2, -0.15) is 0 Å². The third-order valence-corrected chi connectivity index (χ3v) is 3.53. The van der Waals surface area contributed by atoms with Crippen LogP contribution >= 0.6 is 0 Å². The number of rotatable bonds is 4. The molecule has 0 aliphatic heterocycles. The van der Waals surface area contributed by atoms with E-state index in [2.05, 4.69) is 5.32 Å². The van der Waals surface area contributed by atoms with Gasteiger partial charge >= 0.3 is 5.97 Å². The molecule has 1 unspecified atom stereocenters. The summed E-state index contributed by atoms with van der Waals surface area (Å²) in [5.41, 5.74) is 0.